The third-order valence-corrected chi connectivity index (χ3v) is 8.64. The average molecular weight is 484 g/mol. The van der Waals surface area contributed by atoms with Gasteiger partial charge in [0.1, 0.15) is 0 Å². The zero-order valence-electron chi connectivity index (χ0n) is 22.1. The van der Waals surface area contributed by atoms with E-state index in [1.807, 2.05) is 0 Å². The number of azide groups is 1. The minimum atomic E-state index is -0.378. The molecule has 0 aromatic rings. The molecule has 3 rings (SSSR count). The van der Waals surface area contributed by atoms with Crippen LogP contribution in [0.4, 0.5) is 0 Å². The number of hydrogen-bond donors (Lipinski definition) is 0. The summed E-state index contributed by atoms with van der Waals surface area (Å²) in [5, 5.41) is 3.51. The maximum absolute atomic E-state index is 8.42. The fourth-order valence-corrected chi connectivity index (χ4v) is 5.27. The van der Waals surface area contributed by atoms with Crippen LogP contribution >= 0.6 is 0 Å². The predicted octanol–water partition coefficient (Wildman–Crippen LogP) is 4.99. The van der Waals surface area contributed by atoms with Gasteiger partial charge in [0.15, 0.2) is 18.9 Å². The number of ether oxygens (including phenoxy) is 6. The van der Waals surface area contributed by atoms with Gasteiger partial charge in [0.05, 0.1) is 38.1 Å². The average Bonchev–Trinajstić information content (AvgIpc) is 2.81. The van der Waals surface area contributed by atoms with Crippen LogP contribution in [0, 0.1) is 41.4 Å². The van der Waals surface area contributed by atoms with Crippen molar-refractivity contribution in [2.24, 2.45) is 46.5 Å². The molecule has 3 fully saturated rings. The Morgan fingerprint density at radius 2 is 1.44 bits per heavy atom. The Hall–Kier alpha value is -0.930. The molecule has 0 aromatic carbocycles. The van der Waals surface area contributed by atoms with E-state index in [2.05, 4.69) is 65.4 Å². The molecule has 3 saturated heterocycles. The van der Waals surface area contributed by atoms with Crippen LogP contribution in [0.1, 0.15) is 55.4 Å². The number of nitrogens with zero attached hydrogens (tertiary/aromatic N) is 3. The molecule has 34 heavy (non-hydrogen) atoms. The first-order chi connectivity index (χ1) is 16.1. The normalized spacial score (nSPS) is 47.7. The molecule has 0 bridgehead atoms. The lowest BCUT2D eigenvalue weighted by molar-refractivity contribution is -0.331. The molecule has 0 spiro atoms. The largest absolute Gasteiger partial charge is 0.352 e. The van der Waals surface area contributed by atoms with E-state index in [1.165, 1.54) is 0 Å². The van der Waals surface area contributed by atoms with E-state index in [0.717, 1.165) is 6.61 Å². The molecule has 0 aliphatic carbocycles. The molecule has 3 aliphatic heterocycles. The van der Waals surface area contributed by atoms with Gasteiger partial charge in [-0.1, -0.05) is 53.6 Å². The second kappa shape index (κ2) is 12.3. The molecule has 9 heteroatoms. The third kappa shape index (κ3) is 6.25. The summed E-state index contributed by atoms with van der Waals surface area (Å²) in [6, 6.07) is 0. The monoisotopic (exact) mass is 483 g/mol. The molecule has 13 atom stereocenters. The van der Waals surface area contributed by atoms with E-state index in [9.17, 15) is 0 Å². The van der Waals surface area contributed by atoms with E-state index in [0.29, 0.717) is 37.5 Å². The zero-order valence-corrected chi connectivity index (χ0v) is 22.1. The Kier molecular flexibility index (Phi) is 10.0. The summed E-state index contributed by atoms with van der Waals surface area (Å²) in [7, 11) is 0. The second-order valence-corrected chi connectivity index (χ2v) is 10.8. The summed E-state index contributed by atoms with van der Waals surface area (Å²) in [6.45, 7) is 19.3. The quantitative estimate of drug-likeness (QED) is 0.208. The minimum Gasteiger partial charge on any atom is -0.352 e. The van der Waals surface area contributed by atoms with E-state index in [4.69, 9.17) is 34.0 Å². The lowest BCUT2D eigenvalue weighted by atomic mass is 9.82. The molecule has 0 radical (unpaired) electrons. The first-order valence-corrected chi connectivity index (χ1v) is 13.0. The van der Waals surface area contributed by atoms with Gasteiger partial charge in [-0.05, 0) is 30.2 Å². The van der Waals surface area contributed by atoms with Gasteiger partial charge in [0, 0.05) is 35.1 Å². The van der Waals surface area contributed by atoms with Crippen molar-refractivity contribution in [3.63, 3.8) is 0 Å². The highest BCUT2D eigenvalue weighted by molar-refractivity contribution is 4.88. The molecule has 196 valence electrons. The predicted molar refractivity (Wildman–Crippen MR) is 128 cm³/mol. The molecule has 0 amide bonds. The van der Waals surface area contributed by atoms with Crippen molar-refractivity contribution >= 4 is 0 Å². The van der Waals surface area contributed by atoms with Crippen molar-refractivity contribution in [3.05, 3.63) is 10.4 Å². The van der Waals surface area contributed by atoms with Crippen molar-refractivity contribution in [2.75, 3.05) is 26.4 Å². The first-order valence-electron chi connectivity index (χ1n) is 13.0. The van der Waals surface area contributed by atoms with Gasteiger partial charge >= 0.3 is 0 Å². The molecular formula is C25H45N3O6. The van der Waals surface area contributed by atoms with Crippen LogP contribution in [0.3, 0.4) is 0 Å². The molecule has 3 aliphatic rings. The Balaban J connectivity index is 1.59. The summed E-state index contributed by atoms with van der Waals surface area (Å²) in [4.78, 5) is 2.75. The zero-order chi connectivity index (χ0) is 25.0. The molecule has 0 saturated carbocycles. The molecule has 9 nitrogen and oxygen atoms in total. The van der Waals surface area contributed by atoms with Gasteiger partial charge in [-0.3, -0.25) is 0 Å². The second-order valence-electron chi connectivity index (χ2n) is 10.8. The van der Waals surface area contributed by atoms with Crippen LogP contribution in [0.25, 0.3) is 10.4 Å². The number of hydrogen-bond acceptors (Lipinski definition) is 7. The number of rotatable bonds is 8. The van der Waals surface area contributed by atoms with Gasteiger partial charge in [0.2, 0.25) is 0 Å². The molecule has 0 aromatic heterocycles. The van der Waals surface area contributed by atoms with Crippen molar-refractivity contribution in [2.45, 2.75) is 92.6 Å². The van der Waals surface area contributed by atoms with E-state index < -0.39 is 0 Å². The topological polar surface area (TPSA) is 104 Å². The van der Waals surface area contributed by atoms with Crippen LogP contribution in [-0.2, 0) is 28.4 Å². The highest BCUT2D eigenvalue weighted by atomic mass is 16.7. The fourth-order valence-electron chi connectivity index (χ4n) is 5.27. The summed E-state index contributed by atoms with van der Waals surface area (Å²) >= 11 is 0. The Labute approximate surface area is 204 Å². The van der Waals surface area contributed by atoms with E-state index in [1.54, 1.807) is 0 Å². The van der Waals surface area contributed by atoms with Crippen molar-refractivity contribution < 1.29 is 28.4 Å². The SMILES string of the molecule is CC1[C@@H](O[C@@H]2C(C)[C@H](O[C@@H]3CO[C@@H](OCCN=[N+]=[N-])C(C)[C@H]3C)OC(C)[C@H]2C)OC[C@@H](C)[C@@H]1C. The minimum absolute atomic E-state index is 0.00968. The fraction of sp³-hybridized carbons (Fsp3) is 1.00. The van der Waals surface area contributed by atoms with Crippen LogP contribution in [0.5, 0.6) is 0 Å². The maximum atomic E-state index is 8.42. The highest BCUT2D eigenvalue weighted by Crippen LogP contribution is 2.39. The summed E-state index contributed by atoms with van der Waals surface area (Å²) in [5.74, 6) is 2.06. The smallest absolute Gasteiger partial charge is 0.163 e. The van der Waals surface area contributed by atoms with Crippen molar-refractivity contribution in [1.82, 2.24) is 0 Å². The third-order valence-electron chi connectivity index (χ3n) is 8.64. The maximum Gasteiger partial charge on any atom is 0.163 e. The molecule has 3 heterocycles. The van der Waals surface area contributed by atoms with Gasteiger partial charge in [-0.25, -0.2) is 0 Å². The van der Waals surface area contributed by atoms with Crippen LogP contribution < -0.4 is 0 Å². The lowest BCUT2D eigenvalue weighted by Crippen LogP contribution is -2.55. The first kappa shape index (κ1) is 27.7. The standard InChI is InChI=1S/C25H45N3O6/c1-13-11-30-24(16(4)14(13)2)34-22-18(6)20(8)32-25(19(22)7)33-21-12-31-23(17(5)15(21)3)29-10-9-27-28-26/h13-25H,9-12H2,1-8H3/t13-,14+,15-,16?,17?,18-,19?,20?,21-,22+,23-,24-,25+/m1/s1. The molecule has 0 N–H and O–H groups in total. The Morgan fingerprint density at radius 1 is 0.765 bits per heavy atom. The van der Waals surface area contributed by atoms with Gasteiger partial charge in [-0.15, -0.1) is 0 Å². The van der Waals surface area contributed by atoms with Crippen molar-refractivity contribution in [3.8, 4) is 0 Å². The van der Waals surface area contributed by atoms with Gasteiger partial charge in [-0.2, -0.15) is 0 Å². The van der Waals surface area contributed by atoms with Crippen LogP contribution in [-0.4, -0.2) is 63.5 Å². The van der Waals surface area contributed by atoms with Gasteiger partial charge < -0.3 is 28.4 Å². The molecular weight excluding hydrogens is 438 g/mol. The van der Waals surface area contributed by atoms with Crippen LogP contribution in [0.2, 0.25) is 0 Å². The summed E-state index contributed by atoms with van der Waals surface area (Å²) in [6.07, 6.45) is -1.03. The summed E-state index contributed by atoms with van der Waals surface area (Å²) in [5.41, 5.74) is 8.42. The Bertz CT molecular complexity index is 692. The Morgan fingerprint density at radius 3 is 2.15 bits per heavy atom. The van der Waals surface area contributed by atoms with Crippen molar-refractivity contribution in [1.29, 1.82) is 0 Å². The highest BCUT2D eigenvalue weighted by Gasteiger charge is 2.46. The summed E-state index contributed by atoms with van der Waals surface area (Å²) < 4.78 is 37.4. The lowest BCUT2D eigenvalue weighted by Gasteiger charge is -2.48. The van der Waals surface area contributed by atoms with Crippen LogP contribution in [0.15, 0.2) is 5.11 Å². The van der Waals surface area contributed by atoms with E-state index in [-0.39, 0.29) is 60.9 Å². The molecule has 4 unspecified atom stereocenters. The van der Waals surface area contributed by atoms with Gasteiger partial charge in [0.25, 0.3) is 0 Å². The van der Waals surface area contributed by atoms with E-state index >= 15 is 0 Å².